The average Bonchev–Trinajstić information content (AvgIpc) is 2.35. The fourth-order valence-corrected chi connectivity index (χ4v) is 3.55. The van der Waals surface area contributed by atoms with Gasteiger partial charge in [-0.05, 0) is 49.4 Å². The lowest BCUT2D eigenvalue weighted by Gasteiger charge is -2.42. The Morgan fingerprint density at radius 3 is 1.14 bits per heavy atom. The van der Waals surface area contributed by atoms with Gasteiger partial charge in [-0.3, -0.25) is 0 Å². The molecular weight excluding hydrogens is 288 g/mol. The van der Waals surface area contributed by atoms with Crippen LogP contribution >= 0.6 is 0 Å². The molecule has 0 aliphatic heterocycles. The van der Waals surface area contributed by atoms with Gasteiger partial charge in [0.2, 0.25) is 0 Å². The lowest BCUT2D eigenvalue weighted by molar-refractivity contribution is -0.0561. The number of hydrogen-bond acceptors (Lipinski definition) is 0. The highest BCUT2D eigenvalue weighted by atomic mass is 19.2. The summed E-state index contributed by atoms with van der Waals surface area (Å²) in [5, 5.41) is 0. The predicted octanol–water partition coefficient (Wildman–Crippen LogP) is 3.42. The Kier molecular flexibility index (Phi) is 9.75. The van der Waals surface area contributed by atoms with E-state index in [-0.39, 0.29) is 30.2 Å². The maximum atomic E-state index is 14.0. The van der Waals surface area contributed by atoms with Crippen LogP contribution in [-0.2, 0) is 0 Å². The van der Waals surface area contributed by atoms with E-state index >= 15 is 0 Å². The summed E-state index contributed by atoms with van der Waals surface area (Å²) in [4.78, 5) is 0. The van der Waals surface area contributed by atoms with Gasteiger partial charge in [-0.1, -0.05) is 21.3 Å². The molecule has 8 atom stereocenters. The molecule has 0 saturated heterocycles. The Morgan fingerprint density at radius 1 is 0.571 bits per heavy atom. The molecule has 6 heteroatoms. The van der Waals surface area contributed by atoms with E-state index in [1.165, 1.54) is 0 Å². The molecule has 0 amide bonds. The molecular formula is C15H30F4O2. The van der Waals surface area contributed by atoms with Crippen LogP contribution in [0.2, 0.25) is 0 Å². The van der Waals surface area contributed by atoms with Crippen molar-refractivity contribution in [1.29, 1.82) is 0 Å². The third-order valence-corrected chi connectivity index (χ3v) is 4.97. The monoisotopic (exact) mass is 318 g/mol. The van der Waals surface area contributed by atoms with Gasteiger partial charge in [-0.2, -0.15) is 0 Å². The molecule has 0 spiro atoms. The zero-order valence-electron chi connectivity index (χ0n) is 12.0. The second-order valence-corrected chi connectivity index (χ2v) is 6.21. The smallest absolute Gasteiger partial charge is 0.135 e. The highest BCUT2D eigenvalue weighted by Gasteiger charge is 2.48. The third-order valence-electron chi connectivity index (χ3n) is 4.97. The second-order valence-electron chi connectivity index (χ2n) is 6.21. The van der Waals surface area contributed by atoms with Crippen molar-refractivity contribution in [2.24, 2.45) is 23.7 Å². The van der Waals surface area contributed by atoms with Crippen molar-refractivity contribution in [2.45, 2.75) is 71.6 Å². The fraction of sp³-hybridized carbons (Fsp3) is 1.00. The van der Waals surface area contributed by atoms with Gasteiger partial charge in [-0.25, -0.2) is 17.6 Å². The topological polar surface area (TPSA) is 63.0 Å². The van der Waals surface area contributed by atoms with Gasteiger partial charge >= 0.3 is 0 Å². The molecule has 2 aliphatic rings. The fourth-order valence-electron chi connectivity index (χ4n) is 3.55. The first kappa shape index (κ1) is 22.9. The van der Waals surface area contributed by atoms with Crippen LogP contribution in [0.3, 0.4) is 0 Å². The molecule has 0 heterocycles. The van der Waals surface area contributed by atoms with Gasteiger partial charge < -0.3 is 11.0 Å². The van der Waals surface area contributed by atoms with Crippen LogP contribution in [0.25, 0.3) is 0 Å². The Hall–Kier alpha value is -0.360. The Bertz CT molecular complexity index is 265. The summed E-state index contributed by atoms with van der Waals surface area (Å²) in [5.41, 5.74) is 0. The summed E-state index contributed by atoms with van der Waals surface area (Å²) in [6.45, 7) is 3.36. The summed E-state index contributed by atoms with van der Waals surface area (Å²) in [6, 6.07) is 0. The molecule has 0 radical (unpaired) electrons. The lowest BCUT2D eigenvalue weighted by Crippen LogP contribution is -2.47. The van der Waals surface area contributed by atoms with E-state index in [0.717, 1.165) is 0 Å². The molecule has 2 rings (SSSR count). The molecule has 4 N–H and O–H groups in total. The van der Waals surface area contributed by atoms with Gasteiger partial charge in [0.05, 0.1) is 0 Å². The van der Waals surface area contributed by atoms with Crippen molar-refractivity contribution >= 4 is 0 Å². The second kappa shape index (κ2) is 8.93. The van der Waals surface area contributed by atoms with Gasteiger partial charge in [0, 0.05) is 0 Å². The minimum Gasteiger partial charge on any atom is -0.412 e. The minimum absolute atomic E-state index is 0. The largest absolute Gasteiger partial charge is 0.412 e. The normalized spacial score (nSPS) is 46.6. The summed E-state index contributed by atoms with van der Waals surface area (Å²) < 4.78 is 55.4. The number of hydrogen-bond donors (Lipinski definition) is 0. The van der Waals surface area contributed by atoms with Crippen LogP contribution < -0.4 is 0 Å². The van der Waals surface area contributed by atoms with E-state index < -0.39 is 36.5 Å². The minimum atomic E-state index is -1.63. The maximum absolute atomic E-state index is 14.0. The molecule has 0 bridgehead atoms. The first-order chi connectivity index (χ1) is 8.43. The molecule has 2 nitrogen and oxygen atoms in total. The van der Waals surface area contributed by atoms with Crippen LogP contribution in [0.1, 0.15) is 47.0 Å². The third kappa shape index (κ3) is 4.31. The predicted molar refractivity (Wildman–Crippen MR) is 77.3 cm³/mol. The highest BCUT2D eigenvalue weighted by Crippen LogP contribution is 2.45. The van der Waals surface area contributed by atoms with E-state index in [1.807, 2.05) is 0 Å². The van der Waals surface area contributed by atoms with Crippen molar-refractivity contribution in [2.75, 3.05) is 0 Å². The molecule has 2 fully saturated rings. The van der Waals surface area contributed by atoms with Gasteiger partial charge in [-0.15, -0.1) is 0 Å². The van der Waals surface area contributed by atoms with Gasteiger partial charge in [0.25, 0.3) is 0 Å². The van der Waals surface area contributed by atoms with Crippen LogP contribution in [0.15, 0.2) is 0 Å². The molecule has 21 heavy (non-hydrogen) atoms. The van der Waals surface area contributed by atoms with Crippen molar-refractivity contribution in [3.8, 4) is 0 Å². The van der Waals surface area contributed by atoms with Crippen molar-refractivity contribution in [1.82, 2.24) is 0 Å². The molecule has 0 aromatic rings. The highest BCUT2D eigenvalue weighted by molar-refractivity contribution is 4.96. The molecule has 2 aliphatic carbocycles. The van der Waals surface area contributed by atoms with Gasteiger partial charge in [0.1, 0.15) is 24.7 Å². The van der Waals surface area contributed by atoms with E-state index in [1.54, 1.807) is 13.8 Å². The van der Waals surface area contributed by atoms with E-state index in [2.05, 4.69) is 0 Å². The molecule has 8 unspecified atom stereocenters. The number of halogens is 4. The summed E-state index contributed by atoms with van der Waals surface area (Å²) in [6.07, 6.45) is -4.19. The first-order valence-electron chi connectivity index (χ1n) is 6.99. The Balaban J connectivity index is 0. The summed E-state index contributed by atoms with van der Waals surface area (Å²) >= 11 is 0. The molecule has 0 aromatic heterocycles. The Labute approximate surface area is 124 Å². The summed E-state index contributed by atoms with van der Waals surface area (Å²) in [5.74, 6) is -1.90. The van der Waals surface area contributed by atoms with Crippen molar-refractivity contribution in [3.63, 3.8) is 0 Å². The molecule has 130 valence electrons. The average molecular weight is 318 g/mol. The molecule has 2 saturated carbocycles. The van der Waals surface area contributed by atoms with E-state index in [4.69, 9.17) is 0 Å². The quantitative estimate of drug-likeness (QED) is 0.665. The zero-order valence-corrected chi connectivity index (χ0v) is 12.0. The zero-order chi connectivity index (χ0) is 13.4. The SMILES string of the molecule is C.CC1CCC(C2CCC(C)C(F)C2F)C(F)C1F.O.O. The van der Waals surface area contributed by atoms with E-state index in [0.29, 0.717) is 25.7 Å². The standard InChI is InChI=1S/C14H22F4.CH4.2H2O/c1-7-3-5-9(13(17)11(7)15)10-6-4-8(2)12(16)14(10)18;;;/h7-14H,3-6H2,1-2H3;1H4;2*1H2. The van der Waals surface area contributed by atoms with E-state index in [9.17, 15) is 17.6 Å². The number of rotatable bonds is 1. The van der Waals surface area contributed by atoms with Crippen LogP contribution in [0.4, 0.5) is 17.6 Å². The van der Waals surface area contributed by atoms with Crippen LogP contribution in [-0.4, -0.2) is 35.6 Å². The Morgan fingerprint density at radius 2 is 0.857 bits per heavy atom. The first-order valence-corrected chi connectivity index (χ1v) is 6.99. The van der Waals surface area contributed by atoms with Gasteiger partial charge in [0.15, 0.2) is 0 Å². The van der Waals surface area contributed by atoms with Crippen LogP contribution in [0, 0.1) is 23.7 Å². The molecule has 0 aromatic carbocycles. The van der Waals surface area contributed by atoms with Crippen molar-refractivity contribution in [3.05, 3.63) is 0 Å². The maximum Gasteiger partial charge on any atom is 0.135 e. The summed E-state index contributed by atoms with van der Waals surface area (Å²) in [7, 11) is 0. The van der Waals surface area contributed by atoms with Crippen molar-refractivity contribution < 1.29 is 28.5 Å². The lowest BCUT2D eigenvalue weighted by atomic mass is 9.67. The number of alkyl halides is 4. The van der Waals surface area contributed by atoms with Crippen LogP contribution in [0.5, 0.6) is 0 Å².